The molecule has 75 valence electrons. The molecule has 15 heavy (non-hydrogen) atoms. The van der Waals surface area contributed by atoms with Crippen molar-refractivity contribution in [2.45, 2.75) is 6.92 Å². The summed E-state index contributed by atoms with van der Waals surface area (Å²) in [5.74, 6) is 0.884. The van der Waals surface area contributed by atoms with Crippen LogP contribution in [-0.4, -0.2) is 7.11 Å². The number of hydrogen-bond donors (Lipinski definition) is 0. The lowest BCUT2D eigenvalue weighted by Crippen LogP contribution is -1.82. The van der Waals surface area contributed by atoms with Crippen molar-refractivity contribution in [2.24, 2.45) is 0 Å². The van der Waals surface area contributed by atoms with Gasteiger partial charge >= 0.3 is 0 Å². The van der Waals surface area contributed by atoms with Crippen LogP contribution in [-0.2, 0) is 0 Å². The van der Waals surface area contributed by atoms with E-state index in [1.54, 1.807) is 7.11 Å². The van der Waals surface area contributed by atoms with E-state index in [1.165, 1.54) is 11.1 Å². The largest absolute Gasteiger partial charge is 0.497 e. The highest BCUT2D eigenvalue weighted by molar-refractivity contribution is 5.64. The van der Waals surface area contributed by atoms with Crippen molar-refractivity contribution < 1.29 is 4.74 Å². The Balaban J connectivity index is 2.33. The summed E-state index contributed by atoms with van der Waals surface area (Å²) in [6.45, 7) is 2.04. The third-order valence-electron chi connectivity index (χ3n) is 2.39. The fourth-order valence-electron chi connectivity index (χ4n) is 1.47. The third kappa shape index (κ3) is 2.18. The second kappa shape index (κ2) is 4.18. The fourth-order valence-corrected chi connectivity index (χ4v) is 1.47. The lowest BCUT2D eigenvalue weighted by atomic mass is 10.0. The van der Waals surface area contributed by atoms with Gasteiger partial charge in [0.1, 0.15) is 5.75 Å². The van der Waals surface area contributed by atoms with Crippen LogP contribution in [0, 0.1) is 13.0 Å². The maximum Gasteiger partial charge on any atom is 0.118 e. The zero-order valence-corrected chi connectivity index (χ0v) is 8.95. The average molecular weight is 197 g/mol. The monoisotopic (exact) mass is 197 g/mol. The van der Waals surface area contributed by atoms with E-state index in [4.69, 9.17) is 4.74 Å². The topological polar surface area (TPSA) is 9.23 Å². The van der Waals surface area contributed by atoms with E-state index >= 15 is 0 Å². The molecule has 0 spiro atoms. The van der Waals surface area contributed by atoms with E-state index in [0.717, 1.165) is 11.3 Å². The van der Waals surface area contributed by atoms with Crippen LogP contribution in [0.2, 0.25) is 0 Å². The number of methoxy groups -OCH3 is 1. The Morgan fingerprint density at radius 3 is 2.13 bits per heavy atom. The summed E-state index contributed by atoms with van der Waals surface area (Å²) in [4.78, 5) is 0. The standard InChI is InChI=1S/C14H13O/c1-11-3-5-12(6-4-11)13-7-9-14(15-2)10-8-13/h3,5-10H,1-2H3. The zero-order valence-electron chi connectivity index (χ0n) is 8.95. The van der Waals surface area contributed by atoms with Gasteiger partial charge in [-0.1, -0.05) is 24.3 Å². The first-order chi connectivity index (χ1) is 7.29. The van der Waals surface area contributed by atoms with Gasteiger partial charge in [0.15, 0.2) is 0 Å². The minimum absolute atomic E-state index is 0.884. The fraction of sp³-hybridized carbons (Fsp3) is 0.143. The molecule has 0 saturated carbocycles. The van der Waals surface area contributed by atoms with Crippen molar-refractivity contribution in [2.75, 3.05) is 7.11 Å². The SMILES string of the molecule is COc1ccc(-c2c[c]c(C)cc2)cc1. The molecule has 1 nitrogen and oxygen atoms in total. The summed E-state index contributed by atoms with van der Waals surface area (Å²) in [7, 11) is 1.68. The van der Waals surface area contributed by atoms with Crippen LogP contribution < -0.4 is 4.74 Å². The van der Waals surface area contributed by atoms with Gasteiger partial charge in [-0.05, 0) is 47.9 Å². The lowest BCUT2D eigenvalue weighted by Gasteiger charge is -2.03. The molecule has 2 aromatic rings. The molecule has 0 aliphatic heterocycles. The molecule has 0 aromatic heterocycles. The van der Waals surface area contributed by atoms with Gasteiger partial charge in [-0.3, -0.25) is 0 Å². The summed E-state index contributed by atoms with van der Waals surface area (Å²) in [6.07, 6.45) is 0. The highest BCUT2D eigenvalue weighted by atomic mass is 16.5. The molecule has 2 rings (SSSR count). The molecule has 0 heterocycles. The number of hydrogen-bond acceptors (Lipinski definition) is 1. The summed E-state index contributed by atoms with van der Waals surface area (Å²) in [6, 6.07) is 17.4. The number of ether oxygens (including phenoxy) is 1. The van der Waals surface area contributed by atoms with Gasteiger partial charge in [-0.15, -0.1) is 0 Å². The first-order valence-electron chi connectivity index (χ1n) is 4.92. The summed E-state index contributed by atoms with van der Waals surface area (Å²) in [5, 5.41) is 0. The molecule has 1 heteroatoms. The maximum absolute atomic E-state index is 5.12. The summed E-state index contributed by atoms with van der Waals surface area (Å²) < 4.78 is 5.12. The number of benzene rings is 2. The Kier molecular flexibility index (Phi) is 2.72. The van der Waals surface area contributed by atoms with Crippen molar-refractivity contribution in [3.8, 4) is 16.9 Å². The van der Waals surface area contributed by atoms with Crippen molar-refractivity contribution in [1.29, 1.82) is 0 Å². The Morgan fingerprint density at radius 2 is 1.60 bits per heavy atom. The third-order valence-corrected chi connectivity index (χ3v) is 2.39. The average Bonchev–Trinajstić information content (AvgIpc) is 2.30. The molecule has 0 aliphatic carbocycles. The minimum atomic E-state index is 0.884. The molecule has 0 fully saturated rings. The van der Waals surface area contributed by atoms with E-state index in [-0.39, 0.29) is 0 Å². The normalized spacial score (nSPS) is 10.0. The molecule has 0 bridgehead atoms. The zero-order chi connectivity index (χ0) is 10.7. The quantitative estimate of drug-likeness (QED) is 0.716. The molecular weight excluding hydrogens is 184 g/mol. The smallest absolute Gasteiger partial charge is 0.118 e. The van der Waals surface area contributed by atoms with Crippen LogP contribution >= 0.6 is 0 Å². The Bertz CT molecular complexity index is 426. The second-order valence-corrected chi connectivity index (χ2v) is 3.49. The van der Waals surface area contributed by atoms with Crippen LogP contribution in [0.3, 0.4) is 0 Å². The minimum Gasteiger partial charge on any atom is -0.497 e. The van der Waals surface area contributed by atoms with E-state index in [2.05, 4.69) is 30.3 Å². The Morgan fingerprint density at radius 1 is 0.933 bits per heavy atom. The van der Waals surface area contributed by atoms with Crippen molar-refractivity contribution in [3.05, 3.63) is 54.1 Å². The van der Waals surface area contributed by atoms with E-state index in [9.17, 15) is 0 Å². The molecule has 0 aliphatic rings. The molecule has 0 saturated heterocycles. The predicted octanol–water partition coefficient (Wildman–Crippen LogP) is 3.47. The first-order valence-corrected chi connectivity index (χ1v) is 4.92. The van der Waals surface area contributed by atoms with E-state index in [0.29, 0.717) is 0 Å². The molecule has 0 unspecified atom stereocenters. The van der Waals surface area contributed by atoms with Gasteiger partial charge < -0.3 is 4.74 Å². The Labute approximate surface area is 90.3 Å². The van der Waals surface area contributed by atoms with Crippen molar-refractivity contribution in [3.63, 3.8) is 0 Å². The molecule has 0 atom stereocenters. The van der Waals surface area contributed by atoms with Crippen LogP contribution in [0.5, 0.6) is 5.75 Å². The maximum atomic E-state index is 5.12. The molecular formula is C14H13O. The van der Waals surface area contributed by atoms with Gasteiger partial charge in [0.05, 0.1) is 7.11 Å². The van der Waals surface area contributed by atoms with E-state index in [1.807, 2.05) is 25.1 Å². The van der Waals surface area contributed by atoms with Crippen LogP contribution in [0.25, 0.3) is 11.1 Å². The summed E-state index contributed by atoms with van der Waals surface area (Å²) >= 11 is 0. The van der Waals surface area contributed by atoms with Gasteiger partial charge in [0, 0.05) is 0 Å². The highest BCUT2D eigenvalue weighted by Gasteiger charge is 1.97. The number of rotatable bonds is 2. The molecule has 2 aromatic carbocycles. The van der Waals surface area contributed by atoms with Crippen molar-refractivity contribution >= 4 is 0 Å². The van der Waals surface area contributed by atoms with Gasteiger partial charge in [0.2, 0.25) is 0 Å². The van der Waals surface area contributed by atoms with E-state index < -0.39 is 0 Å². The van der Waals surface area contributed by atoms with Gasteiger partial charge in [-0.25, -0.2) is 0 Å². The van der Waals surface area contributed by atoms with Crippen LogP contribution in [0.15, 0.2) is 42.5 Å². The molecule has 0 N–H and O–H groups in total. The summed E-state index contributed by atoms with van der Waals surface area (Å²) in [5.41, 5.74) is 3.53. The highest BCUT2D eigenvalue weighted by Crippen LogP contribution is 2.22. The lowest BCUT2D eigenvalue weighted by molar-refractivity contribution is 0.415. The Hall–Kier alpha value is -1.76. The first kappa shape index (κ1) is 9.78. The van der Waals surface area contributed by atoms with Crippen molar-refractivity contribution in [1.82, 2.24) is 0 Å². The predicted molar refractivity (Wildman–Crippen MR) is 62.0 cm³/mol. The number of aryl methyl sites for hydroxylation is 1. The molecule has 0 amide bonds. The molecule has 1 radical (unpaired) electrons. The van der Waals surface area contributed by atoms with Crippen LogP contribution in [0.1, 0.15) is 5.56 Å². The second-order valence-electron chi connectivity index (χ2n) is 3.49. The van der Waals surface area contributed by atoms with Crippen LogP contribution in [0.4, 0.5) is 0 Å². The van der Waals surface area contributed by atoms with Gasteiger partial charge in [-0.2, -0.15) is 0 Å². The van der Waals surface area contributed by atoms with Gasteiger partial charge in [0.25, 0.3) is 0 Å².